The number of hydrogen-bond acceptors (Lipinski definition) is 38. The first kappa shape index (κ1) is 108. The van der Waals surface area contributed by atoms with Crippen LogP contribution in [0.5, 0.6) is 0 Å². The molecule has 44 nitrogen and oxygen atoms in total. The molecule has 4 unspecified atom stereocenters. The van der Waals surface area contributed by atoms with Gasteiger partial charge < -0.3 is 87.9 Å². The van der Waals surface area contributed by atoms with Gasteiger partial charge in [-0.15, -0.1) is 13.2 Å². The summed E-state index contributed by atoms with van der Waals surface area (Å²) in [6.07, 6.45) is -2.76. The fourth-order valence-corrected chi connectivity index (χ4v) is 11.9. The predicted octanol–water partition coefficient (Wildman–Crippen LogP) is 3.72. The largest absolute Gasteiger partial charge is 0.475 e. The lowest BCUT2D eigenvalue weighted by Crippen LogP contribution is -2.34. The van der Waals surface area contributed by atoms with Gasteiger partial charge in [-0.1, -0.05) is 12.2 Å². The second-order valence-electron chi connectivity index (χ2n) is 23.7. The van der Waals surface area contributed by atoms with Crippen molar-refractivity contribution in [3.05, 3.63) is 25.3 Å². The number of carbonyl (C=O) groups excluding carboxylic acids is 12. The molecule has 0 bridgehead atoms. The highest BCUT2D eigenvalue weighted by Gasteiger charge is 2.32. The minimum Gasteiger partial charge on any atom is -0.463 e. The summed E-state index contributed by atoms with van der Waals surface area (Å²) in [5.41, 5.74) is 0. The molecule has 113 heavy (non-hydrogen) atoms. The summed E-state index contributed by atoms with van der Waals surface area (Å²) in [6.45, 7) is 18.6. The summed E-state index contributed by atoms with van der Waals surface area (Å²) in [5, 5.41) is 9.51. The summed E-state index contributed by atoms with van der Waals surface area (Å²) < 4.78 is 164. The smallest absolute Gasteiger partial charge is 0.463 e. The van der Waals surface area contributed by atoms with E-state index in [0.29, 0.717) is 25.7 Å². The second kappa shape index (κ2) is 63.6. The highest BCUT2D eigenvalue weighted by molar-refractivity contribution is 7.49. The van der Waals surface area contributed by atoms with E-state index >= 15 is 0 Å². The molecule has 654 valence electrons. The maximum absolute atomic E-state index is 13.2. The molecule has 0 fully saturated rings. The maximum atomic E-state index is 13.2. The zero-order chi connectivity index (χ0) is 85.9. The minimum atomic E-state index is -4.66. The van der Waals surface area contributed by atoms with Crippen LogP contribution in [0.25, 0.3) is 0 Å². The van der Waals surface area contributed by atoms with Crippen LogP contribution in [0, 0.1) is 0 Å². The molecule has 48 heteroatoms. The molecule has 0 rings (SSSR count). The average molecular weight is 1720 g/mol. The fourth-order valence-electron chi connectivity index (χ4n) is 7.99. The molecule has 0 saturated carbocycles. The molecular formula is C65H114N4O40P4. The van der Waals surface area contributed by atoms with Crippen molar-refractivity contribution in [2.75, 3.05) is 145 Å². The summed E-state index contributed by atoms with van der Waals surface area (Å²) in [4.78, 5) is 158. The zero-order valence-electron chi connectivity index (χ0n) is 65.9. The van der Waals surface area contributed by atoms with Gasteiger partial charge in [-0.25, -0.2) is 18.3 Å². The molecule has 12 atom stereocenters. The van der Waals surface area contributed by atoms with Crippen LogP contribution in [0.4, 0.5) is 0 Å². The van der Waals surface area contributed by atoms with Gasteiger partial charge in [0, 0.05) is 107 Å². The molecule has 0 radical (unpaired) electrons. The Labute approximate surface area is 656 Å². The van der Waals surface area contributed by atoms with Crippen LogP contribution in [0.1, 0.15) is 128 Å². The van der Waals surface area contributed by atoms with Crippen LogP contribution in [0.15, 0.2) is 25.3 Å². The lowest BCUT2D eigenvalue weighted by atomic mass is 10.3. The van der Waals surface area contributed by atoms with E-state index < -0.39 is 204 Å². The van der Waals surface area contributed by atoms with Crippen molar-refractivity contribution >= 4 is 103 Å². The molecule has 4 amide bonds. The van der Waals surface area contributed by atoms with Gasteiger partial charge in [0.2, 0.25) is 23.6 Å². The van der Waals surface area contributed by atoms with Crippen LogP contribution in [0.3, 0.4) is 0 Å². The highest BCUT2D eigenvalue weighted by Crippen LogP contribution is 2.51. The summed E-state index contributed by atoms with van der Waals surface area (Å²) in [5.74, 6) is -7.36. The first-order chi connectivity index (χ1) is 53.0. The van der Waals surface area contributed by atoms with Gasteiger partial charge in [-0.05, 0) is 34.1 Å². The first-order valence-electron chi connectivity index (χ1n) is 35.3. The highest BCUT2D eigenvalue weighted by atomic mass is 31.2. The third-order valence-electron chi connectivity index (χ3n) is 12.6. The summed E-state index contributed by atoms with van der Waals surface area (Å²) >= 11 is 0. The van der Waals surface area contributed by atoms with Gasteiger partial charge >= 0.3 is 79.0 Å². The quantitative estimate of drug-likeness (QED) is 0.0126. The van der Waals surface area contributed by atoms with E-state index in [1.54, 1.807) is 27.7 Å². The van der Waals surface area contributed by atoms with Crippen LogP contribution >= 0.6 is 31.3 Å². The molecule has 0 aromatic heterocycles. The Morgan fingerprint density at radius 1 is 0.310 bits per heavy atom. The van der Waals surface area contributed by atoms with Crippen LogP contribution < -0.4 is 21.3 Å². The van der Waals surface area contributed by atoms with Crippen molar-refractivity contribution in [3.8, 4) is 0 Å². The van der Waals surface area contributed by atoms with E-state index in [9.17, 15) is 85.6 Å². The minimum absolute atomic E-state index is 0.0142. The third-order valence-corrected chi connectivity index (χ3v) is 17.5. The fraction of sp³-hybridized carbons (Fsp3) is 0.754. The van der Waals surface area contributed by atoms with Crippen molar-refractivity contribution in [3.63, 3.8) is 0 Å². The molecule has 0 saturated heterocycles. The summed E-state index contributed by atoms with van der Waals surface area (Å²) in [6, 6.07) is 0. The zero-order valence-corrected chi connectivity index (χ0v) is 69.5. The van der Waals surface area contributed by atoms with E-state index in [1.807, 2.05) is 0 Å². The molecule has 0 aromatic carbocycles. The maximum Gasteiger partial charge on any atom is 0.475 e. The Morgan fingerprint density at radius 2 is 0.549 bits per heavy atom. The van der Waals surface area contributed by atoms with Crippen molar-refractivity contribution in [2.45, 2.75) is 177 Å². The van der Waals surface area contributed by atoms with Gasteiger partial charge in [0.25, 0.3) is 0 Å². The number of phosphoric acid groups is 4. The Balaban J connectivity index is 0. The van der Waals surface area contributed by atoms with Gasteiger partial charge in [-0.3, -0.25) is 103 Å². The molecule has 0 aliphatic carbocycles. The second-order valence-corrected chi connectivity index (χ2v) is 29.9. The van der Waals surface area contributed by atoms with Crippen molar-refractivity contribution < 1.29 is 188 Å². The number of nitrogens with one attached hydrogen (secondary N) is 4. The molecule has 6 N–H and O–H groups in total. The summed E-state index contributed by atoms with van der Waals surface area (Å²) in [7, 11) is -17.8. The van der Waals surface area contributed by atoms with E-state index in [1.165, 1.54) is 53.7 Å². The third kappa shape index (κ3) is 68.4. The van der Waals surface area contributed by atoms with E-state index in [0.717, 1.165) is 13.8 Å². The van der Waals surface area contributed by atoms with Crippen molar-refractivity contribution in [2.24, 2.45) is 0 Å². The number of carbonyl (C=O) groups is 12. The molecular weight excluding hydrogens is 1600 g/mol. The van der Waals surface area contributed by atoms with Gasteiger partial charge in [0.1, 0.15) is 61.7 Å². The normalized spacial score (nSPS) is 15.4. The van der Waals surface area contributed by atoms with Crippen LogP contribution in [-0.2, 0) is 178 Å². The molecule has 0 heterocycles. The van der Waals surface area contributed by atoms with Crippen molar-refractivity contribution in [1.82, 2.24) is 21.3 Å². The topological polar surface area (TPSA) is 565 Å². The Kier molecular flexibility index (Phi) is 61.0. The van der Waals surface area contributed by atoms with Crippen LogP contribution in [0.2, 0.25) is 0 Å². The Hall–Kier alpha value is -6.60. The van der Waals surface area contributed by atoms with Crippen LogP contribution in [-0.4, -0.2) is 275 Å². The molecule has 0 spiro atoms. The molecule has 0 aliphatic heterocycles. The van der Waals surface area contributed by atoms with E-state index in [4.69, 9.17) is 102 Å². The predicted molar refractivity (Wildman–Crippen MR) is 390 cm³/mol. The Bertz CT molecular complexity index is 2990. The Morgan fingerprint density at radius 3 is 0.805 bits per heavy atom. The number of phosphoric ester groups is 4. The monoisotopic (exact) mass is 1710 g/mol. The lowest BCUT2D eigenvalue weighted by Gasteiger charge is -2.22. The number of esters is 8. The van der Waals surface area contributed by atoms with E-state index in [-0.39, 0.29) is 112 Å². The molecule has 0 aromatic rings. The standard InChI is InChI=1S/C36H62N2O20P2.C29H52N2O20P2/c1-9-16-49-59(45,53-25-33(57-31(7)41)23-47-19-12-27(3)55-29(5)39)51-18-11-14-37-35(43)22-36(44)38-15-21-52-60(46,50-17-10-2)54-26-34(58-32(8)42)24-48-20-13-28(4)56-30(6)40;1-20(48-22(3)32)7-11-42-16-26(50-24(5)34)18-46-52(38,39)44-13-9-30-28(36)15-29(37)31-10-14-45-53(40,41)47-19-27(51-25(6)35)17-43-12-8-21(2)49-23(4)33/h9-10,27-28,33-34H,1-2,11-26H2,3-8H3,(H,37,43)(H,38,44);20-21,26-27H,7-19H2,1-6H3,(H,30,36)(H,31,37)(H,38,39)(H,40,41)/t27-,28-,33+,34-,59?,60?;20-,21-,26-,27+/m11/s1. The SMILES string of the molecule is C=CCOP(=O)(OCCNC(=O)CC(=O)NCCCOP(=O)(OCC=C)OC[C@H](COCC[C@@H](C)OC(C)=O)OC(C)=O)OC[C@@H](COCC[C@@H](C)OC(C)=O)OC(C)=O.CC(=O)O[C@H](COCC[C@@H](C)OC(C)=O)COP(=O)(O)OCCNC(=O)CC(=O)NCCOP(=O)(O)OC[C@H](COCC[C@@H](C)OC(C)=O)OC(C)=O. The number of ether oxygens (including phenoxy) is 12. The number of rotatable bonds is 67. The lowest BCUT2D eigenvalue weighted by molar-refractivity contribution is -0.153. The van der Waals surface area contributed by atoms with Crippen molar-refractivity contribution in [1.29, 1.82) is 0 Å². The first-order valence-corrected chi connectivity index (χ1v) is 41.2. The average Bonchev–Trinajstić information content (AvgIpc) is 0.897. The number of hydrogen-bond donors (Lipinski definition) is 6. The molecule has 0 aliphatic rings. The number of amides is 4. The van der Waals surface area contributed by atoms with E-state index in [2.05, 4.69) is 34.4 Å². The van der Waals surface area contributed by atoms with Gasteiger partial charge in [-0.2, -0.15) is 0 Å². The van der Waals surface area contributed by atoms with Gasteiger partial charge in [0.15, 0.2) is 0 Å². The van der Waals surface area contributed by atoms with Gasteiger partial charge in [0.05, 0.1) is 119 Å².